The molecule has 2 N–H and O–H groups in total. The number of amides is 1. The number of hydrogen-bond donors (Lipinski definition) is 2. The molecule has 21 heavy (non-hydrogen) atoms. The molecule has 0 aliphatic heterocycles. The summed E-state index contributed by atoms with van der Waals surface area (Å²) in [7, 11) is 1.70. The van der Waals surface area contributed by atoms with E-state index in [1.165, 1.54) is 41.7 Å². The molecule has 1 amide bonds. The molecule has 0 saturated heterocycles. The summed E-state index contributed by atoms with van der Waals surface area (Å²) in [5, 5.41) is 18.0. The predicted molar refractivity (Wildman–Crippen MR) is 75.4 cm³/mol. The Kier molecular flexibility index (Phi) is 4.34. The number of carbonyl (C=O) groups is 2. The highest BCUT2D eigenvalue weighted by Crippen LogP contribution is 2.18. The van der Waals surface area contributed by atoms with Crippen LogP contribution in [0, 0.1) is 0 Å². The smallest absolute Gasteiger partial charge is 0.335 e. The third kappa shape index (κ3) is 3.09. The maximum Gasteiger partial charge on any atom is 0.335 e. The molecule has 1 heterocycles. The number of aromatic carboxylic acids is 1. The Hall–Kier alpha value is -2.67. The normalized spacial score (nSPS) is 10.4. The number of carboxylic acids is 1. The monoisotopic (exact) mass is 289 g/mol. The van der Waals surface area contributed by atoms with E-state index < -0.39 is 5.97 Å². The van der Waals surface area contributed by atoms with Gasteiger partial charge in [0.2, 0.25) is 0 Å². The van der Waals surface area contributed by atoms with Crippen LogP contribution >= 0.6 is 0 Å². The number of aromatic nitrogens is 2. The van der Waals surface area contributed by atoms with Gasteiger partial charge in [0, 0.05) is 19.3 Å². The fraction of sp³-hybridized carbons (Fsp3) is 0.214. The van der Waals surface area contributed by atoms with Gasteiger partial charge in [-0.15, -0.1) is 0 Å². The fourth-order valence-corrected chi connectivity index (χ4v) is 1.93. The number of rotatable bonds is 5. The van der Waals surface area contributed by atoms with E-state index in [1.807, 2.05) is 0 Å². The Morgan fingerprint density at radius 1 is 1.29 bits per heavy atom. The lowest BCUT2D eigenvalue weighted by molar-refractivity contribution is 0.0696. The van der Waals surface area contributed by atoms with Crippen LogP contribution in [0.5, 0.6) is 0 Å². The van der Waals surface area contributed by atoms with Crippen molar-refractivity contribution in [3.63, 3.8) is 0 Å². The standard InChI is InChI=1S/C14H15N3O4/c1-16-9-15-8-12(16)13(19)17(6-7-18)11-4-2-10(3-5-11)14(20)21/h2-5,8-9,18H,6-7H2,1H3,(H,20,21). The van der Waals surface area contributed by atoms with Gasteiger partial charge >= 0.3 is 5.97 Å². The number of nitrogens with zero attached hydrogens (tertiary/aromatic N) is 3. The molecule has 0 atom stereocenters. The maximum atomic E-state index is 12.5. The second-order valence-electron chi connectivity index (χ2n) is 4.42. The van der Waals surface area contributed by atoms with Crippen molar-refractivity contribution in [2.45, 2.75) is 0 Å². The zero-order valence-corrected chi connectivity index (χ0v) is 11.4. The highest BCUT2D eigenvalue weighted by molar-refractivity contribution is 6.05. The molecular weight excluding hydrogens is 274 g/mol. The molecule has 7 heteroatoms. The van der Waals surface area contributed by atoms with Crippen LogP contribution in [0.25, 0.3) is 0 Å². The van der Waals surface area contributed by atoms with E-state index in [1.54, 1.807) is 11.6 Å². The number of benzene rings is 1. The molecule has 0 saturated carbocycles. The number of anilines is 1. The highest BCUT2D eigenvalue weighted by atomic mass is 16.4. The van der Waals surface area contributed by atoms with E-state index in [0.717, 1.165) is 0 Å². The summed E-state index contributed by atoms with van der Waals surface area (Å²) in [4.78, 5) is 28.6. The Bertz CT molecular complexity index is 648. The van der Waals surface area contributed by atoms with Gasteiger partial charge in [-0.05, 0) is 24.3 Å². The predicted octanol–water partition coefficient (Wildman–Crippen LogP) is 0.757. The third-order valence-electron chi connectivity index (χ3n) is 3.03. The molecule has 1 aromatic carbocycles. The summed E-state index contributed by atoms with van der Waals surface area (Å²) >= 11 is 0. The first-order chi connectivity index (χ1) is 10.0. The fourth-order valence-electron chi connectivity index (χ4n) is 1.93. The SMILES string of the molecule is Cn1cncc1C(=O)N(CCO)c1ccc(C(=O)O)cc1. The molecule has 0 fully saturated rings. The Morgan fingerprint density at radius 2 is 1.95 bits per heavy atom. The molecule has 2 rings (SSSR count). The van der Waals surface area contributed by atoms with Crippen LogP contribution in [0.4, 0.5) is 5.69 Å². The number of carboxylic acid groups (broad SMARTS) is 1. The van der Waals surface area contributed by atoms with Gasteiger partial charge in [0.1, 0.15) is 5.69 Å². The summed E-state index contributed by atoms with van der Waals surface area (Å²) in [6.07, 6.45) is 2.95. The lowest BCUT2D eigenvalue weighted by Gasteiger charge is -2.22. The van der Waals surface area contributed by atoms with Crippen molar-refractivity contribution in [1.29, 1.82) is 0 Å². The van der Waals surface area contributed by atoms with Gasteiger partial charge in [-0.3, -0.25) is 4.79 Å². The molecule has 0 spiro atoms. The van der Waals surface area contributed by atoms with Crippen molar-refractivity contribution in [2.75, 3.05) is 18.1 Å². The van der Waals surface area contributed by atoms with Gasteiger partial charge in [-0.1, -0.05) is 0 Å². The maximum absolute atomic E-state index is 12.5. The van der Waals surface area contributed by atoms with E-state index in [4.69, 9.17) is 10.2 Å². The lowest BCUT2D eigenvalue weighted by atomic mass is 10.2. The summed E-state index contributed by atoms with van der Waals surface area (Å²) < 4.78 is 1.58. The van der Waals surface area contributed by atoms with Crippen LogP contribution in [-0.2, 0) is 7.05 Å². The summed E-state index contributed by atoms with van der Waals surface area (Å²) in [5.41, 5.74) is 1.03. The molecule has 0 aliphatic carbocycles. The van der Waals surface area contributed by atoms with Crippen molar-refractivity contribution >= 4 is 17.6 Å². The summed E-state index contributed by atoms with van der Waals surface area (Å²) in [6.45, 7) is -0.0965. The Labute approximate surface area is 121 Å². The van der Waals surface area contributed by atoms with Crippen LogP contribution in [0.1, 0.15) is 20.8 Å². The van der Waals surface area contributed by atoms with E-state index in [2.05, 4.69) is 4.98 Å². The van der Waals surface area contributed by atoms with Gasteiger partial charge in [0.05, 0.1) is 24.7 Å². The average Bonchev–Trinajstić information content (AvgIpc) is 2.90. The number of aryl methyl sites for hydroxylation is 1. The minimum Gasteiger partial charge on any atom is -0.478 e. The van der Waals surface area contributed by atoms with Crippen molar-refractivity contribution < 1.29 is 19.8 Å². The first-order valence-electron chi connectivity index (χ1n) is 6.27. The third-order valence-corrected chi connectivity index (χ3v) is 3.03. The molecule has 0 radical (unpaired) electrons. The molecule has 0 aliphatic rings. The first kappa shape index (κ1) is 14.7. The van der Waals surface area contributed by atoms with E-state index in [0.29, 0.717) is 11.4 Å². The van der Waals surface area contributed by atoms with E-state index >= 15 is 0 Å². The molecule has 0 bridgehead atoms. The zero-order valence-electron chi connectivity index (χ0n) is 11.4. The van der Waals surface area contributed by atoms with Crippen LogP contribution in [0.15, 0.2) is 36.8 Å². The van der Waals surface area contributed by atoms with E-state index in [-0.39, 0.29) is 24.6 Å². The second-order valence-corrected chi connectivity index (χ2v) is 4.42. The summed E-state index contributed by atoms with van der Waals surface area (Å²) in [5.74, 6) is -1.35. The molecule has 2 aromatic rings. The van der Waals surface area contributed by atoms with Gasteiger partial charge in [0.15, 0.2) is 0 Å². The minimum absolute atomic E-state index is 0.108. The second kappa shape index (κ2) is 6.19. The number of imidazole rings is 1. The molecule has 110 valence electrons. The largest absolute Gasteiger partial charge is 0.478 e. The van der Waals surface area contributed by atoms with Crippen molar-refractivity contribution in [3.05, 3.63) is 48.0 Å². The quantitative estimate of drug-likeness (QED) is 0.847. The number of aliphatic hydroxyl groups is 1. The van der Waals surface area contributed by atoms with Crippen molar-refractivity contribution in [2.24, 2.45) is 7.05 Å². The lowest BCUT2D eigenvalue weighted by Crippen LogP contribution is -2.34. The van der Waals surface area contributed by atoms with Crippen LogP contribution in [0.2, 0.25) is 0 Å². The zero-order chi connectivity index (χ0) is 15.4. The summed E-state index contributed by atoms with van der Waals surface area (Å²) in [6, 6.07) is 5.90. The van der Waals surface area contributed by atoms with Gasteiger partial charge < -0.3 is 19.7 Å². The van der Waals surface area contributed by atoms with Crippen molar-refractivity contribution in [3.8, 4) is 0 Å². The van der Waals surface area contributed by atoms with E-state index in [9.17, 15) is 9.59 Å². The molecule has 0 unspecified atom stereocenters. The average molecular weight is 289 g/mol. The number of aliphatic hydroxyl groups excluding tert-OH is 1. The number of hydrogen-bond acceptors (Lipinski definition) is 4. The van der Waals surface area contributed by atoms with Gasteiger partial charge in [-0.2, -0.15) is 0 Å². The van der Waals surface area contributed by atoms with Crippen LogP contribution < -0.4 is 4.90 Å². The minimum atomic E-state index is -1.03. The van der Waals surface area contributed by atoms with Crippen LogP contribution in [-0.4, -0.2) is 44.8 Å². The Morgan fingerprint density at radius 3 is 2.43 bits per heavy atom. The van der Waals surface area contributed by atoms with Crippen LogP contribution in [0.3, 0.4) is 0 Å². The van der Waals surface area contributed by atoms with Gasteiger partial charge in [-0.25, -0.2) is 9.78 Å². The Balaban J connectivity index is 2.32. The molecule has 7 nitrogen and oxygen atoms in total. The molecule has 1 aromatic heterocycles. The molecular formula is C14H15N3O4. The topological polar surface area (TPSA) is 95.7 Å². The first-order valence-corrected chi connectivity index (χ1v) is 6.27. The van der Waals surface area contributed by atoms with Crippen molar-refractivity contribution in [1.82, 2.24) is 9.55 Å². The highest BCUT2D eigenvalue weighted by Gasteiger charge is 2.20. The number of carbonyl (C=O) groups excluding carboxylic acids is 1. The van der Waals surface area contributed by atoms with Gasteiger partial charge in [0.25, 0.3) is 5.91 Å².